The van der Waals surface area contributed by atoms with Gasteiger partial charge in [0.25, 0.3) is 0 Å². The van der Waals surface area contributed by atoms with Crippen LogP contribution in [0.5, 0.6) is 0 Å². The van der Waals surface area contributed by atoms with Gasteiger partial charge in [-0.05, 0) is 48.7 Å². The molecule has 0 amide bonds. The average Bonchev–Trinajstić information content (AvgIpc) is 3.18. The molecule has 31 heavy (non-hydrogen) atoms. The van der Waals surface area contributed by atoms with Crippen LogP contribution in [0, 0.1) is 5.92 Å². The lowest BCUT2D eigenvalue weighted by molar-refractivity contribution is 0.0546. The molecule has 166 valence electrons. The maximum absolute atomic E-state index is 13.3. The lowest BCUT2D eigenvalue weighted by Crippen LogP contribution is -2.23. The Morgan fingerprint density at radius 3 is 2.32 bits per heavy atom. The molecule has 1 aliphatic heterocycles. The Morgan fingerprint density at radius 2 is 1.68 bits per heavy atom. The van der Waals surface area contributed by atoms with Gasteiger partial charge >= 0.3 is 0 Å². The molecule has 0 saturated carbocycles. The normalized spacial score (nSPS) is 14.0. The van der Waals surface area contributed by atoms with E-state index in [1.165, 1.54) is 0 Å². The molecule has 3 nitrogen and oxygen atoms in total. The van der Waals surface area contributed by atoms with E-state index >= 15 is 0 Å². The van der Waals surface area contributed by atoms with Crippen LogP contribution < -0.4 is 0 Å². The molecule has 2 aromatic carbocycles. The Balaban J connectivity index is 0.000000807. The zero-order valence-corrected chi connectivity index (χ0v) is 21.0. The molecule has 4 rings (SSSR count). The van der Waals surface area contributed by atoms with E-state index in [1.807, 2.05) is 82.3 Å². The smallest absolute Gasteiger partial charge is 0.168 e. The van der Waals surface area contributed by atoms with Crippen molar-refractivity contribution < 1.29 is 9.53 Å². The van der Waals surface area contributed by atoms with Gasteiger partial charge in [0.15, 0.2) is 5.78 Å². The highest BCUT2D eigenvalue weighted by atomic mass is 79.9. The van der Waals surface area contributed by atoms with Gasteiger partial charge in [-0.1, -0.05) is 79.5 Å². The van der Waals surface area contributed by atoms with Crippen molar-refractivity contribution in [3.8, 4) is 0 Å². The third-order valence-corrected chi connectivity index (χ3v) is 5.69. The second-order valence-corrected chi connectivity index (χ2v) is 8.09. The summed E-state index contributed by atoms with van der Waals surface area (Å²) in [7, 11) is 0. The Morgan fingerprint density at radius 1 is 1.03 bits per heavy atom. The average molecular weight is 505 g/mol. The molecule has 0 bridgehead atoms. The molecule has 1 fully saturated rings. The maximum atomic E-state index is 13.3. The van der Waals surface area contributed by atoms with Gasteiger partial charge in [0, 0.05) is 39.5 Å². The van der Waals surface area contributed by atoms with Gasteiger partial charge in [0.1, 0.15) is 0 Å². The fourth-order valence-corrected chi connectivity index (χ4v) is 3.99. The number of H-pyrrole nitrogens is 1. The number of carbonyl (C=O) groups is 1. The van der Waals surface area contributed by atoms with E-state index < -0.39 is 0 Å². The molecule has 1 aliphatic rings. The summed E-state index contributed by atoms with van der Waals surface area (Å²) in [6.45, 7) is 9.31. The molecular weight excluding hydrogens is 474 g/mol. The van der Waals surface area contributed by atoms with Crippen molar-refractivity contribution in [2.45, 2.75) is 40.5 Å². The maximum Gasteiger partial charge on any atom is 0.168 e. The van der Waals surface area contributed by atoms with Crippen molar-refractivity contribution in [1.29, 1.82) is 0 Å². The number of nitrogens with one attached hydrogen (secondary N) is 1. The number of Topliss-reactive ketones (excluding diaryl/α,β-unsaturated/α-hetero) is 1. The first-order valence-corrected chi connectivity index (χ1v) is 12.2. The van der Waals surface area contributed by atoms with Gasteiger partial charge in [-0.2, -0.15) is 0 Å². The van der Waals surface area contributed by atoms with E-state index in [1.54, 1.807) is 0 Å². The summed E-state index contributed by atoms with van der Waals surface area (Å²) in [6, 6.07) is 13.6. The number of ketones is 1. The lowest BCUT2D eigenvalue weighted by atomic mass is 9.89. The first-order chi connectivity index (χ1) is 15.1. The fraction of sp³-hybridized carbons (Fsp3) is 0.346. The quantitative estimate of drug-likeness (QED) is 0.362. The van der Waals surface area contributed by atoms with Crippen LogP contribution in [0.2, 0.25) is 5.02 Å². The summed E-state index contributed by atoms with van der Waals surface area (Å²) in [4.78, 5) is 16.7. The number of halogens is 2. The van der Waals surface area contributed by atoms with Crippen LogP contribution in [0.4, 0.5) is 0 Å². The zero-order chi connectivity index (χ0) is 22.8. The molecule has 3 aromatic rings. The number of aromatic amines is 1. The number of ether oxygens (including phenoxy) is 1. The summed E-state index contributed by atoms with van der Waals surface area (Å²) in [5.74, 6) is 0.215. The zero-order valence-electron chi connectivity index (χ0n) is 18.7. The highest BCUT2D eigenvalue weighted by Gasteiger charge is 2.27. The SMILES string of the molecule is CC.CC.O=C(c1c(/C=C/c2ccc(Cl)cc2)[nH]c2cc(Br)ccc12)C1CCOCC1. The van der Waals surface area contributed by atoms with E-state index in [9.17, 15) is 4.79 Å². The van der Waals surface area contributed by atoms with Crippen molar-refractivity contribution in [3.63, 3.8) is 0 Å². The molecule has 1 saturated heterocycles. The Hall–Kier alpha value is -1.88. The van der Waals surface area contributed by atoms with Gasteiger partial charge in [0.2, 0.25) is 0 Å². The molecule has 2 heterocycles. The number of hydrogen-bond donors (Lipinski definition) is 1. The van der Waals surface area contributed by atoms with Crippen LogP contribution in [-0.4, -0.2) is 24.0 Å². The van der Waals surface area contributed by atoms with Gasteiger partial charge in [-0.3, -0.25) is 4.79 Å². The molecule has 0 unspecified atom stereocenters. The Labute approximate surface area is 199 Å². The summed E-state index contributed by atoms with van der Waals surface area (Å²) in [5.41, 5.74) is 3.60. The van der Waals surface area contributed by atoms with Crippen LogP contribution in [0.15, 0.2) is 46.9 Å². The fourth-order valence-electron chi connectivity index (χ4n) is 3.50. The van der Waals surface area contributed by atoms with E-state index in [2.05, 4.69) is 20.9 Å². The predicted molar refractivity (Wildman–Crippen MR) is 137 cm³/mol. The van der Waals surface area contributed by atoms with E-state index in [0.717, 1.165) is 45.0 Å². The minimum absolute atomic E-state index is 0.0177. The van der Waals surface area contributed by atoms with Crippen LogP contribution in [-0.2, 0) is 4.74 Å². The van der Waals surface area contributed by atoms with Crippen LogP contribution >= 0.6 is 27.5 Å². The second kappa shape index (κ2) is 12.8. The minimum Gasteiger partial charge on any atom is -0.381 e. The highest BCUT2D eigenvalue weighted by Crippen LogP contribution is 2.31. The molecule has 5 heteroatoms. The van der Waals surface area contributed by atoms with Crippen molar-refractivity contribution in [2.75, 3.05) is 13.2 Å². The molecule has 1 aromatic heterocycles. The first kappa shape index (κ1) is 25.4. The van der Waals surface area contributed by atoms with E-state index in [0.29, 0.717) is 18.2 Å². The number of benzene rings is 2. The Kier molecular flexibility index (Phi) is 10.5. The van der Waals surface area contributed by atoms with Crippen molar-refractivity contribution in [3.05, 3.63) is 68.8 Å². The summed E-state index contributed by atoms with van der Waals surface area (Å²) < 4.78 is 6.41. The number of carbonyl (C=O) groups excluding carboxylic acids is 1. The number of rotatable bonds is 4. The van der Waals surface area contributed by atoms with Crippen molar-refractivity contribution in [1.82, 2.24) is 4.98 Å². The van der Waals surface area contributed by atoms with E-state index in [-0.39, 0.29) is 11.7 Å². The number of hydrogen-bond acceptors (Lipinski definition) is 2. The van der Waals surface area contributed by atoms with Gasteiger partial charge in [0.05, 0.1) is 11.3 Å². The molecular formula is C26H31BrClNO2. The summed E-state index contributed by atoms with van der Waals surface area (Å²) in [6.07, 6.45) is 5.53. The first-order valence-electron chi connectivity index (χ1n) is 11.0. The molecule has 0 radical (unpaired) electrons. The Bertz CT molecular complexity index is 1000. The van der Waals surface area contributed by atoms with Crippen LogP contribution in [0.3, 0.4) is 0 Å². The van der Waals surface area contributed by atoms with Crippen molar-refractivity contribution in [2.24, 2.45) is 5.92 Å². The third-order valence-electron chi connectivity index (χ3n) is 4.94. The minimum atomic E-state index is 0.0177. The second-order valence-electron chi connectivity index (χ2n) is 6.74. The lowest BCUT2D eigenvalue weighted by Gasteiger charge is -2.21. The standard InChI is InChI=1S/C22H19BrClNO2.2C2H6/c23-16-4-7-18-20(13-16)25-19(8-3-14-1-5-17(24)6-2-14)21(18)22(26)15-9-11-27-12-10-15;2*1-2/h1-8,13,15,25H,9-12H2;2*1-2H3/b8-3+;;. The molecule has 0 aliphatic carbocycles. The van der Waals surface area contributed by atoms with Crippen LogP contribution in [0.1, 0.15) is 62.2 Å². The monoisotopic (exact) mass is 503 g/mol. The molecule has 1 N–H and O–H groups in total. The number of aromatic nitrogens is 1. The largest absolute Gasteiger partial charge is 0.381 e. The predicted octanol–water partition coefficient (Wildman–Crippen LogP) is 8.42. The highest BCUT2D eigenvalue weighted by molar-refractivity contribution is 9.10. The van der Waals surface area contributed by atoms with Crippen LogP contribution in [0.25, 0.3) is 23.1 Å². The molecule has 0 atom stereocenters. The topological polar surface area (TPSA) is 42.1 Å². The number of fused-ring (bicyclic) bond motifs is 1. The van der Waals surface area contributed by atoms with E-state index in [4.69, 9.17) is 16.3 Å². The van der Waals surface area contributed by atoms with Gasteiger partial charge in [-0.25, -0.2) is 0 Å². The summed E-state index contributed by atoms with van der Waals surface area (Å²) in [5, 5.41) is 1.67. The summed E-state index contributed by atoms with van der Waals surface area (Å²) >= 11 is 9.47. The van der Waals surface area contributed by atoms with Crippen molar-refractivity contribution >= 4 is 56.4 Å². The molecule has 0 spiro atoms. The van der Waals surface area contributed by atoms with Gasteiger partial charge < -0.3 is 9.72 Å². The third kappa shape index (κ3) is 6.55. The van der Waals surface area contributed by atoms with Gasteiger partial charge in [-0.15, -0.1) is 0 Å².